The second kappa shape index (κ2) is 9.48. The van der Waals surface area contributed by atoms with Crippen molar-refractivity contribution in [3.63, 3.8) is 0 Å². The van der Waals surface area contributed by atoms with Crippen LogP contribution in [0.1, 0.15) is 25.3 Å². The van der Waals surface area contributed by atoms with Gasteiger partial charge in [-0.2, -0.15) is 10.5 Å². The lowest BCUT2D eigenvalue weighted by Gasteiger charge is -1.94. The molecule has 16 heavy (non-hydrogen) atoms. The SMILES string of the molecule is CCCC[n+]1ccc(C)cc1.N#CNC#N. The lowest BCUT2D eigenvalue weighted by Crippen LogP contribution is -2.32. The number of nitrogens with one attached hydrogen (secondary N) is 1. The zero-order valence-corrected chi connectivity index (χ0v) is 9.77. The van der Waals surface area contributed by atoms with E-state index >= 15 is 0 Å². The molecule has 0 unspecified atom stereocenters. The van der Waals surface area contributed by atoms with Gasteiger partial charge in [0.05, 0.1) is 0 Å². The van der Waals surface area contributed by atoms with Crippen molar-refractivity contribution in [3.05, 3.63) is 30.1 Å². The molecule has 0 fully saturated rings. The Bertz CT molecular complexity index is 344. The first-order chi connectivity index (χ1) is 7.74. The molecule has 0 bridgehead atoms. The fourth-order valence-electron chi connectivity index (χ4n) is 1.05. The van der Waals surface area contributed by atoms with Crippen molar-refractivity contribution in [2.45, 2.75) is 33.2 Å². The smallest absolute Gasteiger partial charge is 0.190 e. The first-order valence-corrected chi connectivity index (χ1v) is 5.23. The molecule has 1 aromatic heterocycles. The van der Waals surface area contributed by atoms with Crippen LogP contribution in [0.25, 0.3) is 0 Å². The van der Waals surface area contributed by atoms with Crippen LogP contribution < -0.4 is 9.88 Å². The first-order valence-electron chi connectivity index (χ1n) is 5.23. The van der Waals surface area contributed by atoms with Crippen LogP contribution in [0.4, 0.5) is 0 Å². The minimum Gasteiger partial charge on any atom is -0.229 e. The number of rotatable bonds is 3. The van der Waals surface area contributed by atoms with Gasteiger partial charge in [0, 0.05) is 18.6 Å². The van der Waals surface area contributed by atoms with Crippen LogP contribution in [-0.2, 0) is 6.54 Å². The largest absolute Gasteiger partial charge is 0.229 e. The molecule has 84 valence electrons. The molecule has 0 amide bonds. The molecule has 0 atom stereocenters. The van der Waals surface area contributed by atoms with E-state index in [0.29, 0.717) is 0 Å². The van der Waals surface area contributed by atoms with Gasteiger partial charge in [0.25, 0.3) is 0 Å². The average molecular weight is 217 g/mol. The third kappa shape index (κ3) is 7.34. The number of hydrogen-bond acceptors (Lipinski definition) is 3. The Morgan fingerprint density at radius 3 is 2.19 bits per heavy atom. The highest BCUT2D eigenvalue weighted by atomic mass is 14.9. The quantitative estimate of drug-likeness (QED) is 0.475. The highest BCUT2D eigenvalue weighted by molar-refractivity contribution is 5.03. The molecule has 4 nitrogen and oxygen atoms in total. The van der Waals surface area contributed by atoms with Crippen LogP contribution in [0.15, 0.2) is 24.5 Å². The van der Waals surface area contributed by atoms with Crippen LogP contribution in [0.2, 0.25) is 0 Å². The maximum Gasteiger partial charge on any atom is 0.190 e. The summed E-state index contributed by atoms with van der Waals surface area (Å²) < 4.78 is 2.23. The van der Waals surface area contributed by atoms with Gasteiger partial charge in [0.1, 0.15) is 6.54 Å². The fraction of sp³-hybridized carbons (Fsp3) is 0.417. The number of pyridine rings is 1. The molecule has 0 saturated heterocycles. The average Bonchev–Trinajstić information content (AvgIpc) is 2.30. The van der Waals surface area contributed by atoms with Gasteiger partial charge >= 0.3 is 0 Å². The molecule has 1 aromatic rings. The Balaban J connectivity index is 0.000000385. The molecule has 4 heteroatoms. The lowest BCUT2D eigenvalue weighted by atomic mass is 10.3. The molecule has 1 N–H and O–H groups in total. The second-order valence-electron chi connectivity index (χ2n) is 3.32. The summed E-state index contributed by atoms with van der Waals surface area (Å²) in [5.41, 5.74) is 1.33. The van der Waals surface area contributed by atoms with Crippen molar-refractivity contribution in [2.24, 2.45) is 0 Å². The van der Waals surface area contributed by atoms with E-state index < -0.39 is 0 Å². The summed E-state index contributed by atoms with van der Waals surface area (Å²) >= 11 is 0. The van der Waals surface area contributed by atoms with Crippen LogP contribution in [0.5, 0.6) is 0 Å². The molecule has 0 aromatic carbocycles. The van der Waals surface area contributed by atoms with Gasteiger partial charge in [-0.15, -0.1) is 0 Å². The molecular formula is C12H17N4+. The van der Waals surface area contributed by atoms with E-state index in [0.717, 1.165) is 6.54 Å². The number of aromatic nitrogens is 1. The molecule has 1 heterocycles. The van der Waals surface area contributed by atoms with Crippen LogP contribution in [-0.4, -0.2) is 0 Å². The van der Waals surface area contributed by atoms with Gasteiger partial charge in [-0.05, 0) is 12.5 Å². The van der Waals surface area contributed by atoms with Crippen LogP contribution in [0, 0.1) is 29.8 Å². The minimum atomic E-state index is 1.15. The Morgan fingerprint density at radius 1 is 1.25 bits per heavy atom. The maximum absolute atomic E-state index is 7.48. The highest BCUT2D eigenvalue weighted by Crippen LogP contribution is 1.91. The van der Waals surface area contributed by atoms with Gasteiger partial charge < -0.3 is 0 Å². The number of hydrogen-bond donors (Lipinski definition) is 1. The molecule has 0 aliphatic heterocycles. The summed E-state index contributed by atoms with van der Waals surface area (Å²) in [5.74, 6) is 0. The van der Waals surface area contributed by atoms with Crippen molar-refractivity contribution in [3.8, 4) is 12.4 Å². The van der Waals surface area contributed by atoms with Gasteiger partial charge in [0.15, 0.2) is 24.8 Å². The van der Waals surface area contributed by atoms with Gasteiger partial charge in [-0.3, -0.25) is 0 Å². The molecule has 0 aliphatic carbocycles. The topological polar surface area (TPSA) is 63.5 Å². The van der Waals surface area contributed by atoms with E-state index in [2.05, 4.69) is 42.9 Å². The summed E-state index contributed by atoms with van der Waals surface area (Å²) in [5, 5.41) is 16.7. The maximum atomic E-state index is 7.48. The molecule has 1 rings (SSSR count). The van der Waals surface area contributed by atoms with Crippen molar-refractivity contribution in [1.82, 2.24) is 5.32 Å². The van der Waals surface area contributed by atoms with Crippen molar-refractivity contribution in [2.75, 3.05) is 0 Å². The molecule has 0 spiro atoms. The summed E-state index contributed by atoms with van der Waals surface area (Å²) in [6.45, 7) is 5.48. The highest BCUT2D eigenvalue weighted by Gasteiger charge is 1.95. The van der Waals surface area contributed by atoms with Gasteiger partial charge in [-0.1, -0.05) is 13.3 Å². The van der Waals surface area contributed by atoms with E-state index in [1.807, 2.05) is 0 Å². The van der Waals surface area contributed by atoms with Crippen molar-refractivity contribution >= 4 is 0 Å². The fourth-order valence-corrected chi connectivity index (χ4v) is 1.05. The number of aryl methyl sites for hydroxylation is 2. The van der Waals surface area contributed by atoms with Gasteiger partial charge in [-0.25, -0.2) is 9.88 Å². The number of nitrogens with zero attached hydrogens (tertiary/aromatic N) is 3. The Morgan fingerprint density at radius 2 is 1.81 bits per heavy atom. The number of unbranched alkanes of at least 4 members (excludes halogenated alkanes) is 1. The summed E-state index contributed by atoms with van der Waals surface area (Å²) in [4.78, 5) is 0. The normalized spacial score (nSPS) is 8.00. The van der Waals surface area contributed by atoms with E-state index in [1.54, 1.807) is 5.32 Å². The van der Waals surface area contributed by atoms with Gasteiger partial charge in [0.2, 0.25) is 0 Å². The summed E-state index contributed by atoms with van der Waals surface area (Å²) in [6, 6.07) is 4.30. The zero-order chi connectivity index (χ0) is 12.2. The molecule has 0 aliphatic rings. The molecule has 0 radical (unpaired) electrons. The van der Waals surface area contributed by atoms with Crippen LogP contribution >= 0.6 is 0 Å². The minimum absolute atomic E-state index is 1.15. The van der Waals surface area contributed by atoms with E-state index in [9.17, 15) is 0 Å². The van der Waals surface area contributed by atoms with Crippen LogP contribution in [0.3, 0.4) is 0 Å². The Kier molecular flexibility index (Phi) is 8.26. The predicted octanol–water partition coefficient (Wildman–Crippen LogP) is 1.62. The Labute approximate surface area is 96.8 Å². The summed E-state index contributed by atoms with van der Waals surface area (Å²) in [6.07, 6.45) is 9.64. The van der Waals surface area contributed by atoms with Crippen molar-refractivity contribution < 1.29 is 4.57 Å². The predicted molar refractivity (Wildman–Crippen MR) is 60.6 cm³/mol. The lowest BCUT2D eigenvalue weighted by molar-refractivity contribution is -0.697. The Hall–Kier alpha value is -2.07. The standard InChI is InChI=1S/C10H16N.C2HN3/c1-3-4-7-11-8-5-10(2)6-9-11;3-1-5-2-4/h5-6,8-9H,3-4,7H2,1-2H3;5H/q+1;. The third-order valence-electron chi connectivity index (χ3n) is 1.94. The third-order valence-corrected chi connectivity index (χ3v) is 1.94. The second-order valence-corrected chi connectivity index (χ2v) is 3.32. The summed E-state index contributed by atoms with van der Waals surface area (Å²) in [7, 11) is 0. The monoisotopic (exact) mass is 217 g/mol. The number of nitriles is 2. The van der Waals surface area contributed by atoms with E-state index in [-0.39, 0.29) is 0 Å². The molecular weight excluding hydrogens is 200 g/mol. The zero-order valence-electron chi connectivity index (χ0n) is 9.77. The first kappa shape index (κ1) is 13.9. The van der Waals surface area contributed by atoms with E-state index in [1.165, 1.54) is 30.8 Å². The molecule has 0 saturated carbocycles. The van der Waals surface area contributed by atoms with Crippen molar-refractivity contribution in [1.29, 1.82) is 10.5 Å². The van der Waals surface area contributed by atoms with E-state index in [4.69, 9.17) is 10.5 Å².